The van der Waals surface area contributed by atoms with E-state index in [-0.39, 0.29) is 5.78 Å². The van der Waals surface area contributed by atoms with Gasteiger partial charge in [0.2, 0.25) is 0 Å². The summed E-state index contributed by atoms with van der Waals surface area (Å²) < 4.78 is 1.73. The Labute approximate surface area is 171 Å². The number of benzene rings is 3. The molecule has 0 radical (unpaired) electrons. The Hall–Kier alpha value is -1.75. The Bertz CT molecular complexity index is 916. The smallest absolute Gasteiger partial charge is 0.194 e. The second-order valence-corrected chi connectivity index (χ2v) is 8.24. The van der Waals surface area contributed by atoms with E-state index in [2.05, 4.69) is 75.1 Å². The lowest BCUT2D eigenvalue weighted by Crippen LogP contribution is -2.10. The average molecular weight is 473 g/mol. The lowest BCUT2D eigenvalue weighted by atomic mass is 9.99. The van der Waals surface area contributed by atoms with Crippen LogP contribution in [0.3, 0.4) is 0 Å². The molecular formula is C22H19Br2NO. The van der Waals surface area contributed by atoms with E-state index in [1.165, 1.54) is 5.56 Å². The summed E-state index contributed by atoms with van der Waals surface area (Å²) in [7, 11) is 4.13. The van der Waals surface area contributed by atoms with Crippen molar-refractivity contribution in [2.45, 2.75) is 6.54 Å². The first-order chi connectivity index (χ1) is 12.4. The van der Waals surface area contributed by atoms with Crippen LogP contribution in [0.5, 0.6) is 0 Å². The van der Waals surface area contributed by atoms with E-state index in [4.69, 9.17) is 0 Å². The zero-order chi connectivity index (χ0) is 18.7. The molecule has 0 N–H and O–H groups in total. The van der Waals surface area contributed by atoms with Gasteiger partial charge in [-0.05, 0) is 64.9 Å². The normalized spacial score (nSPS) is 11.0. The largest absolute Gasteiger partial charge is 0.305 e. The number of nitrogens with zero attached hydrogens (tertiary/aromatic N) is 1. The Morgan fingerprint density at radius 3 is 1.96 bits per heavy atom. The van der Waals surface area contributed by atoms with Crippen LogP contribution in [0.2, 0.25) is 0 Å². The third kappa shape index (κ3) is 4.50. The van der Waals surface area contributed by atoms with Crippen LogP contribution in [0.25, 0.3) is 11.1 Å². The first-order valence-electron chi connectivity index (χ1n) is 8.28. The second kappa shape index (κ2) is 8.30. The maximum atomic E-state index is 12.7. The van der Waals surface area contributed by atoms with Gasteiger partial charge in [-0.2, -0.15) is 0 Å². The molecule has 0 aliphatic rings. The van der Waals surface area contributed by atoms with Crippen LogP contribution in [0.1, 0.15) is 21.5 Å². The molecule has 0 fully saturated rings. The van der Waals surface area contributed by atoms with E-state index < -0.39 is 0 Å². The van der Waals surface area contributed by atoms with Crippen LogP contribution in [0.15, 0.2) is 75.7 Å². The number of hydrogen-bond donors (Lipinski definition) is 0. The van der Waals surface area contributed by atoms with E-state index in [0.29, 0.717) is 11.1 Å². The van der Waals surface area contributed by atoms with E-state index in [1.54, 1.807) is 0 Å². The molecule has 0 saturated heterocycles. The monoisotopic (exact) mass is 471 g/mol. The minimum Gasteiger partial charge on any atom is -0.305 e. The van der Waals surface area contributed by atoms with Gasteiger partial charge in [-0.25, -0.2) is 0 Å². The molecule has 0 bridgehead atoms. The lowest BCUT2D eigenvalue weighted by molar-refractivity contribution is 0.103. The molecule has 0 aliphatic heterocycles. The fraction of sp³-hybridized carbons (Fsp3) is 0.136. The van der Waals surface area contributed by atoms with E-state index >= 15 is 0 Å². The highest BCUT2D eigenvalue weighted by Crippen LogP contribution is 2.26. The van der Waals surface area contributed by atoms with Crippen molar-refractivity contribution < 1.29 is 4.79 Å². The molecular weight excluding hydrogens is 454 g/mol. The fourth-order valence-corrected chi connectivity index (χ4v) is 4.04. The molecule has 3 aromatic rings. The van der Waals surface area contributed by atoms with Crippen molar-refractivity contribution in [3.8, 4) is 11.1 Å². The Morgan fingerprint density at radius 1 is 0.846 bits per heavy atom. The van der Waals surface area contributed by atoms with Crippen molar-refractivity contribution in [1.29, 1.82) is 0 Å². The van der Waals surface area contributed by atoms with Gasteiger partial charge in [-0.15, -0.1) is 0 Å². The number of hydrogen-bond acceptors (Lipinski definition) is 2. The first kappa shape index (κ1) is 19.0. The molecule has 3 rings (SSSR count). The van der Waals surface area contributed by atoms with Crippen LogP contribution < -0.4 is 0 Å². The van der Waals surface area contributed by atoms with E-state index in [1.807, 2.05) is 42.5 Å². The minimum atomic E-state index is 0.0113. The average Bonchev–Trinajstić information content (AvgIpc) is 2.61. The number of ketones is 1. The summed E-state index contributed by atoms with van der Waals surface area (Å²) in [6.07, 6.45) is 0. The molecule has 0 aliphatic carbocycles. The molecule has 0 amide bonds. The molecule has 3 aromatic carbocycles. The van der Waals surface area contributed by atoms with Gasteiger partial charge in [0.05, 0.1) is 0 Å². The van der Waals surface area contributed by atoms with Crippen molar-refractivity contribution in [2.75, 3.05) is 14.1 Å². The van der Waals surface area contributed by atoms with Gasteiger partial charge in [0.1, 0.15) is 0 Å². The van der Waals surface area contributed by atoms with Gasteiger partial charge in [-0.3, -0.25) is 4.79 Å². The number of halogens is 2. The first-order valence-corrected chi connectivity index (χ1v) is 9.86. The summed E-state index contributed by atoms with van der Waals surface area (Å²) >= 11 is 6.88. The molecule has 0 spiro atoms. The van der Waals surface area contributed by atoms with Gasteiger partial charge in [0, 0.05) is 26.6 Å². The van der Waals surface area contributed by atoms with Gasteiger partial charge in [0.15, 0.2) is 5.78 Å². The molecule has 0 heterocycles. The zero-order valence-electron chi connectivity index (χ0n) is 14.7. The highest BCUT2D eigenvalue weighted by Gasteiger charge is 2.13. The predicted molar refractivity (Wildman–Crippen MR) is 115 cm³/mol. The summed E-state index contributed by atoms with van der Waals surface area (Å²) in [4.78, 5) is 14.9. The summed E-state index contributed by atoms with van der Waals surface area (Å²) in [5, 5.41) is 0. The van der Waals surface area contributed by atoms with Crippen molar-refractivity contribution >= 4 is 37.6 Å². The highest BCUT2D eigenvalue weighted by atomic mass is 79.9. The SMILES string of the molecule is CN(C)Cc1ccc(-c2ccc(C(=O)c3ccc(Br)cc3Br)cc2)cc1. The van der Waals surface area contributed by atoms with Gasteiger partial charge >= 0.3 is 0 Å². The summed E-state index contributed by atoms with van der Waals surface area (Å²) in [6, 6.07) is 21.9. The zero-order valence-corrected chi connectivity index (χ0v) is 17.8. The number of carbonyl (C=O) groups excluding carboxylic acids is 1. The van der Waals surface area contributed by atoms with E-state index in [9.17, 15) is 4.79 Å². The molecule has 0 atom stereocenters. The number of carbonyl (C=O) groups is 1. The molecule has 0 aromatic heterocycles. The predicted octanol–water partition coefficient (Wildman–Crippen LogP) is 6.17. The van der Waals surface area contributed by atoms with Crippen molar-refractivity contribution in [2.24, 2.45) is 0 Å². The quantitative estimate of drug-likeness (QED) is 0.413. The van der Waals surface area contributed by atoms with Crippen molar-refractivity contribution in [3.05, 3.63) is 92.4 Å². The van der Waals surface area contributed by atoms with Crippen LogP contribution in [0, 0.1) is 0 Å². The molecule has 132 valence electrons. The van der Waals surface area contributed by atoms with Gasteiger partial charge in [0.25, 0.3) is 0 Å². The van der Waals surface area contributed by atoms with Crippen LogP contribution in [0.4, 0.5) is 0 Å². The molecule has 0 saturated carbocycles. The fourth-order valence-electron chi connectivity index (χ4n) is 2.81. The number of rotatable bonds is 5. The summed E-state index contributed by atoms with van der Waals surface area (Å²) in [5.74, 6) is 0.0113. The highest BCUT2D eigenvalue weighted by molar-refractivity contribution is 9.11. The third-order valence-electron chi connectivity index (χ3n) is 4.11. The van der Waals surface area contributed by atoms with Gasteiger partial charge < -0.3 is 4.90 Å². The third-order valence-corrected chi connectivity index (χ3v) is 5.26. The van der Waals surface area contributed by atoms with Crippen LogP contribution in [-0.4, -0.2) is 24.8 Å². The van der Waals surface area contributed by atoms with E-state index in [0.717, 1.165) is 26.6 Å². The summed E-state index contributed by atoms with van der Waals surface area (Å²) in [6.45, 7) is 0.926. The summed E-state index contributed by atoms with van der Waals surface area (Å²) in [5.41, 5.74) is 4.88. The van der Waals surface area contributed by atoms with Crippen LogP contribution >= 0.6 is 31.9 Å². The lowest BCUT2D eigenvalue weighted by Gasteiger charge is -2.10. The Balaban J connectivity index is 1.80. The Kier molecular flexibility index (Phi) is 6.07. The molecule has 4 heteroatoms. The topological polar surface area (TPSA) is 20.3 Å². The molecule has 2 nitrogen and oxygen atoms in total. The standard InChI is InChI=1S/C22H19Br2NO/c1-25(2)14-15-3-5-16(6-4-15)17-7-9-18(10-8-17)22(26)20-12-11-19(23)13-21(20)24/h3-13H,14H2,1-2H3. The van der Waals surface area contributed by atoms with Gasteiger partial charge in [-0.1, -0.05) is 64.5 Å². The van der Waals surface area contributed by atoms with Crippen molar-refractivity contribution in [3.63, 3.8) is 0 Å². The maximum absolute atomic E-state index is 12.7. The Morgan fingerprint density at radius 2 is 1.42 bits per heavy atom. The maximum Gasteiger partial charge on any atom is 0.194 e. The second-order valence-electron chi connectivity index (χ2n) is 6.47. The molecule has 0 unspecified atom stereocenters. The minimum absolute atomic E-state index is 0.0113. The molecule has 26 heavy (non-hydrogen) atoms. The van der Waals surface area contributed by atoms with Crippen molar-refractivity contribution in [1.82, 2.24) is 4.90 Å². The van der Waals surface area contributed by atoms with Crippen LogP contribution in [-0.2, 0) is 6.54 Å².